The molecule has 78 valence electrons. The molecule has 0 saturated heterocycles. The van der Waals surface area contributed by atoms with E-state index in [0.717, 1.165) is 0 Å². The molecule has 0 amide bonds. The van der Waals surface area contributed by atoms with Gasteiger partial charge in [0, 0.05) is 0 Å². The van der Waals surface area contributed by atoms with Crippen molar-refractivity contribution in [3.8, 4) is 0 Å². The molecular formula is C15H13Se+. The van der Waals surface area contributed by atoms with Crippen molar-refractivity contribution in [2.75, 3.05) is 0 Å². The van der Waals surface area contributed by atoms with E-state index in [1.54, 1.807) is 0 Å². The molecule has 1 heterocycles. The first-order valence-corrected chi connectivity index (χ1v) is 8.32. The molecule has 1 aliphatic rings. The molecule has 2 aromatic rings. The van der Waals surface area contributed by atoms with Crippen molar-refractivity contribution in [1.29, 1.82) is 0 Å². The monoisotopic (exact) mass is 273 g/mol. The van der Waals surface area contributed by atoms with Gasteiger partial charge in [-0.25, -0.2) is 0 Å². The van der Waals surface area contributed by atoms with Crippen LogP contribution in [0.1, 0.15) is 11.1 Å². The van der Waals surface area contributed by atoms with Gasteiger partial charge in [-0.3, -0.25) is 0 Å². The van der Waals surface area contributed by atoms with E-state index in [4.69, 9.17) is 0 Å². The van der Waals surface area contributed by atoms with Crippen molar-refractivity contribution in [3.63, 3.8) is 0 Å². The van der Waals surface area contributed by atoms with E-state index in [1.165, 1.54) is 25.4 Å². The second-order valence-electron chi connectivity index (χ2n) is 3.93. The van der Waals surface area contributed by atoms with Crippen molar-refractivity contribution in [1.82, 2.24) is 0 Å². The van der Waals surface area contributed by atoms with E-state index in [9.17, 15) is 0 Å². The van der Waals surface area contributed by atoms with E-state index >= 15 is 0 Å². The number of hydrogen-bond donors (Lipinski definition) is 0. The summed E-state index contributed by atoms with van der Waals surface area (Å²) >= 11 is -0.867. The normalized spacial score (nSPS) is 18.5. The molecule has 0 radical (unpaired) electrons. The molecule has 0 saturated carbocycles. The summed E-state index contributed by atoms with van der Waals surface area (Å²) in [6, 6.07) is 19.6. The fraction of sp³-hybridized carbons (Fsp3) is 0.0667. The molecule has 0 aromatic heterocycles. The maximum absolute atomic E-state index is 4.31. The van der Waals surface area contributed by atoms with Crippen LogP contribution in [0.2, 0.25) is 0 Å². The van der Waals surface area contributed by atoms with Gasteiger partial charge in [0.1, 0.15) is 0 Å². The van der Waals surface area contributed by atoms with Gasteiger partial charge in [-0.1, -0.05) is 0 Å². The van der Waals surface area contributed by atoms with Gasteiger partial charge < -0.3 is 0 Å². The summed E-state index contributed by atoms with van der Waals surface area (Å²) in [6.45, 7) is 4.31. The first-order chi connectivity index (χ1) is 7.86. The van der Waals surface area contributed by atoms with Gasteiger partial charge in [0.2, 0.25) is 0 Å². The zero-order chi connectivity index (χ0) is 11.0. The molecule has 0 bridgehead atoms. The molecule has 1 unspecified atom stereocenters. The minimum absolute atomic E-state index is 0.867. The van der Waals surface area contributed by atoms with Crippen LogP contribution in [0.4, 0.5) is 0 Å². The Hall–Kier alpha value is -1.30. The van der Waals surface area contributed by atoms with Crippen LogP contribution in [0.3, 0.4) is 0 Å². The SMILES string of the molecule is C=C1c2ccccc2C[Se+]1c1ccccc1. The summed E-state index contributed by atoms with van der Waals surface area (Å²) in [5.74, 6) is 0. The van der Waals surface area contributed by atoms with E-state index in [0.29, 0.717) is 0 Å². The third kappa shape index (κ3) is 1.53. The van der Waals surface area contributed by atoms with Crippen LogP contribution < -0.4 is 4.46 Å². The summed E-state index contributed by atoms with van der Waals surface area (Å²) in [6.07, 6.45) is 0. The molecule has 16 heavy (non-hydrogen) atoms. The maximum atomic E-state index is 4.31. The van der Waals surface area contributed by atoms with Gasteiger partial charge in [-0.05, 0) is 0 Å². The van der Waals surface area contributed by atoms with Crippen LogP contribution in [0, 0.1) is 0 Å². The van der Waals surface area contributed by atoms with Crippen LogP contribution in [0.15, 0.2) is 61.2 Å². The summed E-state index contributed by atoms with van der Waals surface area (Å²) in [4.78, 5) is 0. The second-order valence-corrected chi connectivity index (χ2v) is 8.20. The number of hydrogen-bond acceptors (Lipinski definition) is 0. The summed E-state index contributed by atoms with van der Waals surface area (Å²) in [5, 5.41) is 1.22. The molecular weight excluding hydrogens is 259 g/mol. The van der Waals surface area contributed by atoms with Gasteiger partial charge in [0.25, 0.3) is 0 Å². The number of benzene rings is 2. The van der Waals surface area contributed by atoms with Crippen molar-refractivity contribution in [2.45, 2.75) is 5.32 Å². The average molecular weight is 272 g/mol. The molecule has 0 N–H and O–H groups in total. The topological polar surface area (TPSA) is 0 Å². The predicted molar refractivity (Wildman–Crippen MR) is 71.0 cm³/mol. The Morgan fingerprint density at radius 3 is 2.31 bits per heavy atom. The molecule has 0 fully saturated rings. The summed E-state index contributed by atoms with van der Waals surface area (Å²) < 4.78 is 2.89. The number of rotatable bonds is 1. The molecule has 0 spiro atoms. The Morgan fingerprint density at radius 1 is 0.875 bits per heavy atom. The van der Waals surface area contributed by atoms with E-state index in [2.05, 4.69) is 61.2 Å². The third-order valence-corrected chi connectivity index (χ3v) is 7.68. The van der Waals surface area contributed by atoms with Crippen molar-refractivity contribution in [2.24, 2.45) is 0 Å². The molecule has 3 rings (SSSR count). The van der Waals surface area contributed by atoms with Gasteiger partial charge in [-0.15, -0.1) is 0 Å². The molecule has 1 aliphatic heterocycles. The second kappa shape index (κ2) is 3.93. The fourth-order valence-electron chi connectivity index (χ4n) is 2.10. The van der Waals surface area contributed by atoms with Crippen molar-refractivity contribution < 1.29 is 0 Å². The Morgan fingerprint density at radius 2 is 1.56 bits per heavy atom. The van der Waals surface area contributed by atoms with Crippen LogP contribution in [-0.2, 0) is 5.32 Å². The molecule has 2 aromatic carbocycles. The summed E-state index contributed by atoms with van der Waals surface area (Å²) in [5.41, 5.74) is 2.89. The number of fused-ring (bicyclic) bond motifs is 1. The van der Waals surface area contributed by atoms with Crippen molar-refractivity contribution in [3.05, 3.63) is 72.3 Å². The van der Waals surface area contributed by atoms with E-state index in [-0.39, 0.29) is 0 Å². The van der Waals surface area contributed by atoms with Crippen LogP contribution >= 0.6 is 0 Å². The van der Waals surface area contributed by atoms with Gasteiger partial charge in [0.15, 0.2) is 0 Å². The Labute approximate surface area is 101 Å². The van der Waals surface area contributed by atoms with Gasteiger partial charge in [0.05, 0.1) is 0 Å². The van der Waals surface area contributed by atoms with Gasteiger partial charge in [-0.2, -0.15) is 0 Å². The fourth-order valence-corrected chi connectivity index (χ4v) is 6.59. The van der Waals surface area contributed by atoms with Crippen molar-refractivity contribution >= 4 is 22.8 Å². The van der Waals surface area contributed by atoms with Gasteiger partial charge >= 0.3 is 100 Å². The average Bonchev–Trinajstić information content (AvgIpc) is 2.69. The zero-order valence-electron chi connectivity index (χ0n) is 9.02. The van der Waals surface area contributed by atoms with E-state index < -0.39 is 13.9 Å². The minimum atomic E-state index is -0.867. The van der Waals surface area contributed by atoms with Crippen LogP contribution in [0.25, 0.3) is 4.47 Å². The van der Waals surface area contributed by atoms with Crippen LogP contribution in [0.5, 0.6) is 0 Å². The van der Waals surface area contributed by atoms with E-state index in [1.807, 2.05) is 0 Å². The standard InChI is InChI=1S/C15H13Se/c1-12-15-10-6-5-7-13(15)11-16(12)14-8-3-2-4-9-14/h2-10H,1,11H2/q+1. The molecule has 0 nitrogen and oxygen atoms in total. The molecule has 0 aliphatic carbocycles. The first kappa shape index (κ1) is 9.89. The molecule has 1 atom stereocenters. The van der Waals surface area contributed by atoms with Crippen LogP contribution in [-0.4, -0.2) is 13.9 Å². The Balaban J connectivity index is 2.02. The molecule has 1 heteroatoms. The Bertz CT molecular complexity index is 528. The zero-order valence-corrected chi connectivity index (χ0v) is 10.7. The quantitative estimate of drug-likeness (QED) is 0.700. The third-order valence-electron chi connectivity index (χ3n) is 2.94. The predicted octanol–water partition coefficient (Wildman–Crippen LogP) is 2.74. The summed E-state index contributed by atoms with van der Waals surface area (Å²) in [7, 11) is 0. The first-order valence-electron chi connectivity index (χ1n) is 5.39. The Kier molecular flexibility index (Phi) is 2.43.